The fraction of sp³-hybridized carbons (Fsp3) is 0.0200. The van der Waals surface area contributed by atoms with Gasteiger partial charge in [0.25, 0.3) is 0 Å². The Morgan fingerprint density at radius 2 is 1.00 bits per heavy atom. The molecular weight excluding hydrogens is 703 g/mol. The first kappa shape index (κ1) is 32.1. The molecule has 0 saturated heterocycles. The van der Waals surface area contributed by atoms with Crippen LogP contribution in [0.1, 0.15) is 5.82 Å². The molecule has 11 rings (SSSR count). The van der Waals surface area contributed by atoms with E-state index in [9.17, 15) is 0 Å². The number of fused-ring (bicyclic) bond motifs is 8. The molecule has 2 aromatic heterocycles. The molecule has 3 nitrogen and oxygen atoms in total. The summed E-state index contributed by atoms with van der Waals surface area (Å²) >= 11 is 1.88. The molecule has 5 heteroatoms. The smallest absolute Gasteiger partial charge is 0.179 e. The maximum Gasteiger partial charge on any atom is 0.179 e. The van der Waals surface area contributed by atoms with Gasteiger partial charge in [-0.1, -0.05) is 152 Å². The quantitative estimate of drug-likeness (QED) is 0.125. The lowest BCUT2D eigenvalue weighted by Crippen LogP contribution is -2.74. The average molecular weight is 738 g/mol. The SMILES string of the molecule is c1ccc([Si](c2ccccc2)(c2cccc(-c3ccc4c(c3)SCc3nc5ccccc5n3-4)c2)c2cccc(-n3c4ccccc4c4ccccc43)c2)cc1. The fourth-order valence-electron chi connectivity index (χ4n) is 8.97. The number of imidazole rings is 1. The minimum atomic E-state index is -2.87. The second kappa shape index (κ2) is 12.9. The van der Waals surface area contributed by atoms with Gasteiger partial charge in [0.05, 0.1) is 33.5 Å². The number of benzene rings is 8. The van der Waals surface area contributed by atoms with Gasteiger partial charge < -0.3 is 4.57 Å². The molecule has 0 bridgehead atoms. The highest BCUT2D eigenvalue weighted by molar-refractivity contribution is 7.98. The molecule has 0 radical (unpaired) electrons. The Hall–Kier alpha value is -6.40. The second-order valence-corrected chi connectivity index (χ2v) is 19.1. The van der Waals surface area contributed by atoms with Crippen LogP contribution in [0.15, 0.2) is 205 Å². The molecule has 55 heavy (non-hydrogen) atoms. The lowest BCUT2D eigenvalue weighted by Gasteiger charge is -2.35. The van der Waals surface area contributed by atoms with Crippen molar-refractivity contribution in [3.05, 3.63) is 206 Å². The molecule has 0 spiro atoms. The molecular formula is C50H35N3SSi. The maximum atomic E-state index is 4.96. The standard InChI is InChI=1S/C50H35N3SSi/c1-3-17-38(18-4-1)55(39-19-5-2-6-20-39,41-22-14-16-37(33-41)52-45-26-10-7-23-42(45)43-24-8-11-27-46(43)52)40-21-13-15-35(31-40)36-29-30-48-49(32-36)54-34-50-51-44-25-9-12-28-47(44)53(48)50/h1-33H,34H2. The van der Waals surface area contributed by atoms with E-state index < -0.39 is 8.07 Å². The van der Waals surface area contributed by atoms with Crippen LogP contribution in [-0.4, -0.2) is 22.2 Å². The predicted molar refractivity (Wildman–Crippen MR) is 234 cm³/mol. The van der Waals surface area contributed by atoms with Crippen molar-refractivity contribution < 1.29 is 0 Å². The van der Waals surface area contributed by atoms with Gasteiger partial charge in [-0.2, -0.15) is 0 Å². The Morgan fingerprint density at radius 1 is 0.436 bits per heavy atom. The van der Waals surface area contributed by atoms with Gasteiger partial charge in [0, 0.05) is 21.4 Å². The van der Waals surface area contributed by atoms with Crippen LogP contribution in [0.5, 0.6) is 0 Å². The number of rotatable bonds is 6. The third-order valence-electron chi connectivity index (χ3n) is 11.3. The summed E-state index contributed by atoms with van der Waals surface area (Å²) in [5, 5.41) is 7.96. The van der Waals surface area contributed by atoms with Crippen LogP contribution >= 0.6 is 11.8 Å². The largest absolute Gasteiger partial charge is 0.309 e. The van der Waals surface area contributed by atoms with E-state index in [4.69, 9.17) is 4.98 Å². The fourth-order valence-corrected chi connectivity index (χ4v) is 14.8. The molecule has 0 atom stereocenters. The third-order valence-corrected chi connectivity index (χ3v) is 17.1. The zero-order valence-electron chi connectivity index (χ0n) is 30.0. The summed E-state index contributed by atoms with van der Waals surface area (Å²) in [6.07, 6.45) is 0. The molecule has 0 unspecified atom stereocenters. The summed E-state index contributed by atoms with van der Waals surface area (Å²) in [5.41, 5.74) is 9.48. The van der Waals surface area contributed by atoms with Gasteiger partial charge in [0.15, 0.2) is 8.07 Å². The van der Waals surface area contributed by atoms with Crippen LogP contribution in [-0.2, 0) is 5.75 Å². The summed E-state index contributed by atoms with van der Waals surface area (Å²) in [6.45, 7) is 0. The Balaban J connectivity index is 1.12. The minimum Gasteiger partial charge on any atom is -0.309 e. The lowest BCUT2D eigenvalue weighted by atomic mass is 10.1. The van der Waals surface area contributed by atoms with Gasteiger partial charge in [-0.3, -0.25) is 4.57 Å². The summed E-state index contributed by atoms with van der Waals surface area (Å²) in [7, 11) is -2.87. The van der Waals surface area contributed by atoms with E-state index in [-0.39, 0.29) is 0 Å². The number of thioether (sulfide) groups is 1. The zero-order valence-corrected chi connectivity index (χ0v) is 31.8. The van der Waals surface area contributed by atoms with Gasteiger partial charge in [-0.25, -0.2) is 4.98 Å². The molecule has 0 fully saturated rings. The van der Waals surface area contributed by atoms with Crippen molar-refractivity contribution in [2.24, 2.45) is 0 Å². The van der Waals surface area contributed by atoms with Gasteiger partial charge in [-0.15, -0.1) is 11.8 Å². The second-order valence-electron chi connectivity index (χ2n) is 14.3. The van der Waals surface area contributed by atoms with Crippen molar-refractivity contribution >= 4 is 73.4 Å². The highest BCUT2D eigenvalue weighted by Gasteiger charge is 2.42. The molecule has 0 amide bonds. The Kier molecular flexibility index (Phi) is 7.51. The first-order valence-corrected chi connectivity index (χ1v) is 21.8. The van der Waals surface area contributed by atoms with Gasteiger partial charge in [0.1, 0.15) is 5.82 Å². The van der Waals surface area contributed by atoms with Crippen molar-refractivity contribution in [1.82, 2.24) is 14.1 Å². The van der Waals surface area contributed by atoms with E-state index in [0.29, 0.717) is 0 Å². The number of hydrogen-bond donors (Lipinski definition) is 0. The molecule has 1 aliphatic heterocycles. The van der Waals surface area contributed by atoms with E-state index in [1.54, 1.807) is 0 Å². The number of aromatic nitrogens is 3. The van der Waals surface area contributed by atoms with Gasteiger partial charge in [-0.05, 0) is 80.4 Å². The van der Waals surface area contributed by atoms with Crippen LogP contribution in [0.25, 0.3) is 55.3 Å². The van der Waals surface area contributed by atoms with Crippen LogP contribution in [0, 0.1) is 0 Å². The van der Waals surface area contributed by atoms with E-state index in [2.05, 4.69) is 209 Å². The van der Waals surface area contributed by atoms with E-state index >= 15 is 0 Å². The van der Waals surface area contributed by atoms with E-state index in [1.807, 2.05) is 11.8 Å². The molecule has 8 aromatic carbocycles. The van der Waals surface area contributed by atoms with Gasteiger partial charge >= 0.3 is 0 Å². The summed E-state index contributed by atoms with van der Waals surface area (Å²) in [6, 6.07) is 74.2. The van der Waals surface area contributed by atoms with Crippen molar-refractivity contribution in [2.45, 2.75) is 10.6 Å². The summed E-state index contributed by atoms with van der Waals surface area (Å²) < 4.78 is 4.79. The summed E-state index contributed by atoms with van der Waals surface area (Å²) in [4.78, 5) is 6.24. The van der Waals surface area contributed by atoms with Crippen LogP contribution < -0.4 is 20.7 Å². The third kappa shape index (κ3) is 5.01. The maximum absolute atomic E-state index is 4.96. The van der Waals surface area contributed by atoms with Crippen LogP contribution in [0.2, 0.25) is 0 Å². The van der Waals surface area contributed by atoms with Crippen LogP contribution in [0.4, 0.5) is 0 Å². The van der Waals surface area contributed by atoms with Crippen molar-refractivity contribution in [1.29, 1.82) is 0 Å². The Bertz CT molecular complexity index is 2960. The predicted octanol–water partition coefficient (Wildman–Crippen LogP) is 9.77. The number of nitrogens with zero attached hydrogens (tertiary/aromatic N) is 3. The number of para-hydroxylation sites is 4. The summed E-state index contributed by atoms with van der Waals surface area (Å²) in [5.74, 6) is 1.96. The highest BCUT2D eigenvalue weighted by atomic mass is 32.2. The van der Waals surface area contributed by atoms with Crippen LogP contribution in [0.3, 0.4) is 0 Å². The molecule has 0 saturated carbocycles. The van der Waals surface area contributed by atoms with E-state index in [1.165, 1.54) is 75.5 Å². The van der Waals surface area contributed by atoms with Crippen molar-refractivity contribution in [2.75, 3.05) is 0 Å². The molecule has 0 aliphatic carbocycles. The monoisotopic (exact) mass is 737 g/mol. The first-order chi connectivity index (χ1) is 27.3. The first-order valence-electron chi connectivity index (χ1n) is 18.8. The van der Waals surface area contributed by atoms with Gasteiger partial charge in [0.2, 0.25) is 0 Å². The lowest BCUT2D eigenvalue weighted by molar-refractivity contribution is 0.945. The Morgan fingerprint density at radius 3 is 1.71 bits per heavy atom. The molecule has 1 aliphatic rings. The van der Waals surface area contributed by atoms with E-state index in [0.717, 1.165) is 17.1 Å². The molecule has 0 N–H and O–H groups in total. The minimum absolute atomic E-state index is 0.853. The van der Waals surface area contributed by atoms with Crippen molar-refractivity contribution in [3.63, 3.8) is 0 Å². The zero-order chi connectivity index (χ0) is 36.3. The average Bonchev–Trinajstić information content (AvgIpc) is 3.81. The molecule has 3 heterocycles. The molecule has 260 valence electrons. The highest BCUT2D eigenvalue weighted by Crippen LogP contribution is 2.40. The normalized spacial score (nSPS) is 12.6. The Labute approximate surface area is 325 Å². The topological polar surface area (TPSA) is 22.8 Å². The van der Waals surface area contributed by atoms with Crippen molar-refractivity contribution in [3.8, 4) is 22.5 Å². The molecule has 10 aromatic rings. The number of hydrogen-bond acceptors (Lipinski definition) is 2.